The number of rotatable bonds is 13. The predicted octanol–water partition coefficient (Wildman–Crippen LogP) is 6.09. The van der Waals surface area contributed by atoms with Crippen molar-refractivity contribution in [3.05, 3.63) is 47.8 Å². The van der Waals surface area contributed by atoms with Crippen LogP contribution in [0.5, 0.6) is 23.0 Å². The van der Waals surface area contributed by atoms with Crippen LogP contribution in [0.2, 0.25) is 0 Å². The Hall–Kier alpha value is -2.57. The molecule has 0 aliphatic carbocycles. The monoisotopic (exact) mass is 412 g/mol. The lowest BCUT2D eigenvalue weighted by Gasteiger charge is -2.08. The minimum absolute atomic E-state index is 0.0788. The van der Waals surface area contributed by atoms with E-state index in [2.05, 4.69) is 0 Å². The number of hydrogen-bond donors (Lipinski definition) is 2. The highest BCUT2D eigenvalue weighted by Gasteiger charge is 2.10. The zero-order valence-electron chi connectivity index (χ0n) is 16.3. The molecule has 7 heteroatoms. The van der Waals surface area contributed by atoms with E-state index < -0.39 is 23.2 Å². The first-order valence-electron chi connectivity index (χ1n) is 9.89. The van der Waals surface area contributed by atoms with Crippen molar-refractivity contribution in [1.29, 1.82) is 0 Å². The molecule has 0 aromatic heterocycles. The number of phenolic OH excluding ortho intramolecular Hbond substituents is 2. The number of ether oxygens (including phenoxy) is 2. The van der Waals surface area contributed by atoms with Crippen molar-refractivity contribution in [3.63, 3.8) is 0 Å². The van der Waals surface area contributed by atoms with Crippen molar-refractivity contribution >= 4 is 0 Å². The lowest BCUT2D eigenvalue weighted by molar-refractivity contribution is 0.296. The second-order valence-corrected chi connectivity index (χ2v) is 6.87. The predicted molar refractivity (Wildman–Crippen MR) is 104 cm³/mol. The zero-order valence-corrected chi connectivity index (χ0v) is 16.3. The van der Waals surface area contributed by atoms with Crippen LogP contribution in [0.25, 0.3) is 0 Å². The molecule has 2 aromatic carbocycles. The molecule has 0 bridgehead atoms. The van der Waals surface area contributed by atoms with Gasteiger partial charge >= 0.3 is 0 Å². The van der Waals surface area contributed by atoms with Crippen molar-refractivity contribution in [2.75, 3.05) is 13.2 Å². The van der Waals surface area contributed by atoms with Gasteiger partial charge in [-0.15, -0.1) is 0 Å². The van der Waals surface area contributed by atoms with Crippen molar-refractivity contribution in [1.82, 2.24) is 0 Å². The van der Waals surface area contributed by atoms with Gasteiger partial charge in [0.1, 0.15) is 11.5 Å². The average Bonchev–Trinajstić information content (AvgIpc) is 2.69. The highest BCUT2D eigenvalue weighted by atomic mass is 19.1. The summed E-state index contributed by atoms with van der Waals surface area (Å²) in [6.45, 7) is 0.888. The maximum Gasteiger partial charge on any atom is 0.188 e. The Morgan fingerprint density at radius 1 is 0.586 bits per heavy atom. The summed E-state index contributed by atoms with van der Waals surface area (Å²) in [4.78, 5) is 0. The molecule has 0 spiro atoms. The van der Waals surface area contributed by atoms with Gasteiger partial charge in [-0.3, -0.25) is 0 Å². The second kappa shape index (κ2) is 12.1. The average molecular weight is 412 g/mol. The Balaban J connectivity index is 1.42. The molecular formula is C22H27F3O4. The van der Waals surface area contributed by atoms with Gasteiger partial charge in [0, 0.05) is 18.2 Å². The molecular weight excluding hydrogens is 385 g/mol. The maximum atomic E-state index is 13.2. The van der Waals surface area contributed by atoms with Crippen LogP contribution < -0.4 is 9.47 Å². The molecule has 0 heterocycles. The Bertz CT molecular complexity index is 745. The van der Waals surface area contributed by atoms with Crippen LogP contribution in [0.1, 0.15) is 51.4 Å². The standard InChI is InChI=1S/C22H27F3O4/c23-18-13-16(9-10-21(18)26)28-11-7-5-3-1-2-4-6-8-12-29-17-14-19(24)22(27)20(25)15-17/h9-10,13-15,26-27H,1-8,11-12H2. The SMILES string of the molecule is Oc1ccc(OCCCCCCCCCCOc2cc(F)c(O)c(F)c2)cc1F. The first-order valence-corrected chi connectivity index (χ1v) is 9.89. The normalized spacial score (nSPS) is 10.9. The summed E-state index contributed by atoms with van der Waals surface area (Å²) in [6.07, 6.45) is 8.05. The van der Waals surface area contributed by atoms with Crippen LogP contribution in [0, 0.1) is 17.5 Å². The van der Waals surface area contributed by atoms with E-state index >= 15 is 0 Å². The first kappa shape index (κ1) is 22.7. The molecule has 2 aromatic rings. The molecule has 0 aliphatic rings. The molecule has 0 fully saturated rings. The minimum atomic E-state index is -1.03. The molecule has 29 heavy (non-hydrogen) atoms. The fourth-order valence-corrected chi connectivity index (χ4v) is 2.85. The summed E-state index contributed by atoms with van der Waals surface area (Å²) < 4.78 is 50.3. The van der Waals surface area contributed by atoms with Crippen molar-refractivity contribution in [3.8, 4) is 23.0 Å². The molecule has 0 saturated heterocycles. The molecule has 4 nitrogen and oxygen atoms in total. The molecule has 2 rings (SSSR count). The van der Waals surface area contributed by atoms with Crippen LogP contribution in [-0.2, 0) is 0 Å². The van der Waals surface area contributed by atoms with Crippen LogP contribution in [0.4, 0.5) is 13.2 Å². The van der Waals surface area contributed by atoms with E-state index in [0.29, 0.717) is 19.0 Å². The van der Waals surface area contributed by atoms with Crippen LogP contribution in [0.15, 0.2) is 30.3 Å². The van der Waals surface area contributed by atoms with Gasteiger partial charge in [0.2, 0.25) is 0 Å². The minimum Gasteiger partial charge on any atom is -0.505 e. The second-order valence-electron chi connectivity index (χ2n) is 6.87. The van der Waals surface area contributed by atoms with Gasteiger partial charge in [-0.05, 0) is 25.0 Å². The summed E-state index contributed by atoms with van der Waals surface area (Å²) >= 11 is 0. The fourth-order valence-electron chi connectivity index (χ4n) is 2.85. The van der Waals surface area contributed by atoms with Crippen LogP contribution >= 0.6 is 0 Å². The highest BCUT2D eigenvalue weighted by molar-refractivity contribution is 5.34. The lowest BCUT2D eigenvalue weighted by atomic mass is 10.1. The third kappa shape index (κ3) is 8.13. The molecule has 160 valence electrons. The van der Waals surface area contributed by atoms with Gasteiger partial charge in [-0.1, -0.05) is 38.5 Å². The van der Waals surface area contributed by atoms with Crippen molar-refractivity contribution in [2.24, 2.45) is 0 Å². The van der Waals surface area contributed by atoms with Crippen LogP contribution in [-0.4, -0.2) is 23.4 Å². The van der Waals surface area contributed by atoms with E-state index in [4.69, 9.17) is 19.7 Å². The lowest BCUT2D eigenvalue weighted by Crippen LogP contribution is -1.99. The van der Waals surface area contributed by atoms with E-state index in [1.54, 1.807) is 0 Å². The number of halogens is 3. The largest absolute Gasteiger partial charge is 0.505 e. The Kier molecular flexibility index (Phi) is 9.47. The molecule has 0 radical (unpaired) electrons. The number of unbranched alkanes of at least 4 members (excludes halogenated alkanes) is 7. The number of hydrogen-bond acceptors (Lipinski definition) is 4. The quantitative estimate of drug-likeness (QED) is 0.391. The van der Waals surface area contributed by atoms with E-state index in [9.17, 15) is 13.2 Å². The molecule has 2 N–H and O–H groups in total. The number of aromatic hydroxyl groups is 2. The van der Waals surface area contributed by atoms with Crippen LogP contribution in [0.3, 0.4) is 0 Å². The zero-order chi connectivity index (χ0) is 21.1. The first-order chi connectivity index (χ1) is 14.0. The van der Waals surface area contributed by atoms with Crippen molar-refractivity contribution < 1.29 is 32.9 Å². The Morgan fingerprint density at radius 2 is 1.03 bits per heavy atom. The maximum absolute atomic E-state index is 13.2. The van der Waals surface area contributed by atoms with E-state index in [1.807, 2.05) is 0 Å². The third-order valence-corrected chi connectivity index (χ3v) is 4.49. The number of benzene rings is 2. The molecule has 0 atom stereocenters. The van der Waals surface area contributed by atoms with E-state index in [1.165, 1.54) is 18.2 Å². The fraction of sp³-hybridized carbons (Fsp3) is 0.455. The molecule has 0 aliphatic heterocycles. The van der Waals surface area contributed by atoms with Gasteiger partial charge < -0.3 is 19.7 Å². The Morgan fingerprint density at radius 3 is 1.55 bits per heavy atom. The molecule has 0 saturated carbocycles. The smallest absolute Gasteiger partial charge is 0.188 e. The summed E-state index contributed by atoms with van der Waals surface area (Å²) in [5.41, 5.74) is 0. The van der Waals surface area contributed by atoms with Gasteiger partial charge in [-0.25, -0.2) is 13.2 Å². The summed E-state index contributed by atoms with van der Waals surface area (Å²) in [7, 11) is 0. The summed E-state index contributed by atoms with van der Waals surface area (Å²) in [5, 5.41) is 18.1. The summed E-state index contributed by atoms with van der Waals surface area (Å²) in [6, 6.07) is 5.93. The van der Waals surface area contributed by atoms with Crippen molar-refractivity contribution in [2.45, 2.75) is 51.4 Å². The number of phenols is 2. The summed E-state index contributed by atoms with van der Waals surface area (Å²) in [5.74, 6) is -3.61. The van der Waals surface area contributed by atoms with Gasteiger partial charge in [0.05, 0.1) is 13.2 Å². The van der Waals surface area contributed by atoms with E-state index in [0.717, 1.165) is 63.5 Å². The Labute approximate surface area is 168 Å². The highest BCUT2D eigenvalue weighted by Crippen LogP contribution is 2.25. The molecule has 0 amide bonds. The van der Waals surface area contributed by atoms with E-state index in [-0.39, 0.29) is 11.5 Å². The molecule has 0 unspecified atom stereocenters. The van der Waals surface area contributed by atoms with Gasteiger partial charge in [0.15, 0.2) is 29.0 Å². The third-order valence-electron chi connectivity index (χ3n) is 4.49. The topological polar surface area (TPSA) is 58.9 Å². The van der Waals surface area contributed by atoms with Gasteiger partial charge in [0.25, 0.3) is 0 Å². The van der Waals surface area contributed by atoms with Gasteiger partial charge in [-0.2, -0.15) is 0 Å².